The van der Waals surface area contributed by atoms with E-state index in [0.29, 0.717) is 12.6 Å². The van der Waals surface area contributed by atoms with Crippen molar-refractivity contribution in [3.05, 3.63) is 18.0 Å². The smallest absolute Gasteiger partial charge is 0.320 e. The van der Waals surface area contributed by atoms with Crippen molar-refractivity contribution in [2.45, 2.75) is 52.2 Å². The first-order valence-electron chi connectivity index (χ1n) is 6.08. The highest BCUT2D eigenvalue weighted by atomic mass is 16.4. The van der Waals surface area contributed by atoms with Gasteiger partial charge in [-0.2, -0.15) is 5.10 Å². The maximum atomic E-state index is 10.6. The summed E-state index contributed by atoms with van der Waals surface area (Å²) in [4.78, 5) is 10.6. The second kappa shape index (κ2) is 6.39. The average Bonchev–Trinajstić information content (AvgIpc) is 2.76. The maximum absolute atomic E-state index is 10.6. The fourth-order valence-electron chi connectivity index (χ4n) is 1.68. The number of nitrogens with one attached hydrogen (secondary N) is 1. The summed E-state index contributed by atoms with van der Waals surface area (Å²) in [6.07, 6.45) is 4.06. The van der Waals surface area contributed by atoms with Crippen LogP contribution in [0.5, 0.6) is 0 Å². The van der Waals surface area contributed by atoms with E-state index in [9.17, 15) is 4.79 Å². The average molecular weight is 239 g/mol. The Balaban J connectivity index is 2.54. The number of carboxylic acids is 1. The lowest BCUT2D eigenvalue weighted by Crippen LogP contribution is -2.33. The Kier molecular flexibility index (Phi) is 5.15. The zero-order valence-corrected chi connectivity index (χ0v) is 10.7. The normalized spacial score (nSPS) is 12.9. The highest BCUT2D eigenvalue weighted by Crippen LogP contribution is 2.14. The Bertz CT molecular complexity index is 358. The van der Waals surface area contributed by atoms with Crippen LogP contribution in [0.4, 0.5) is 0 Å². The Hall–Kier alpha value is -1.36. The molecule has 0 fully saturated rings. The third-order valence-corrected chi connectivity index (χ3v) is 2.94. The second-order valence-electron chi connectivity index (χ2n) is 4.20. The number of nitrogens with zero attached hydrogens (tertiary/aromatic N) is 2. The molecule has 17 heavy (non-hydrogen) atoms. The molecule has 0 saturated heterocycles. The van der Waals surface area contributed by atoms with Gasteiger partial charge in [0.25, 0.3) is 0 Å². The minimum atomic E-state index is -0.843. The first kappa shape index (κ1) is 13.7. The molecule has 0 bridgehead atoms. The first-order valence-corrected chi connectivity index (χ1v) is 6.08. The van der Waals surface area contributed by atoms with Crippen LogP contribution in [0.3, 0.4) is 0 Å². The standard InChI is InChI=1S/C12H21N3O2/c1-4-11(5-2)15-7-6-10(14-15)8-13-9(3)12(16)17/h6-7,9,11,13H,4-5,8H2,1-3H3,(H,16,17)/t9-/m0/s1. The summed E-state index contributed by atoms with van der Waals surface area (Å²) in [6, 6.07) is 1.81. The Morgan fingerprint density at radius 3 is 2.71 bits per heavy atom. The molecular weight excluding hydrogens is 218 g/mol. The molecular formula is C12H21N3O2. The van der Waals surface area contributed by atoms with Gasteiger partial charge in [-0.05, 0) is 25.8 Å². The van der Waals surface area contributed by atoms with E-state index in [1.165, 1.54) is 0 Å². The van der Waals surface area contributed by atoms with Crippen molar-refractivity contribution in [1.82, 2.24) is 15.1 Å². The molecule has 0 radical (unpaired) electrons. The molecule has 2 N–H and O–H groups in total. The number of hydrogen-bond acceptors (Lipinski definition) is 3. The lowest BCUT2D eigenvalue weighted by atomic mass is 10.2. The lowest BCUT2D eigenvalue weighted by molar-refractivity contribution is -0.139. The summed E-state index contributed by atoms with van der Waals surface area (Å²) < 4.78 is 1.96. The molecule has 1 aromatic heterocycles. The monoisotopic (exact) mass is 239 g/mol. The number of carboxylic acid groups (broad SMARTS) is 1. The van der Waals surface area contributed by atoms with Gasteiger partial charge in [0.15, 0.2) is 0 Å². The van der Waals surface area contributed by atoms with E-state index in [1.54, 1.807) is 6.92 Å². The van der Waals surface area contributed by atoms with Gasteiger partial charge in [0, 0.05) is 12.7 Å². The molecule has 1 heterocycles. The zero-order chi connectivity index (χ0) is 12.8. The van der Waals surface area contributed by atoms with Gasteiger partial charge in [-0.3, -0.25) is 14.8 Å². The van der Waals surface area contributed by atoms with E-state index < -0.39 is 12.0 Å². The Morgan fingerprint density at radius 1 is 1.53 bits per heavy atom. The van der Waals surface area contributed by atoms with Crippen LogP contribution >= 0.6 is 0 Å². The van der Waals surface area contributed by atoms with Crippen molar-refractivity contribution in [3.63, 3.8) is 0 Å². The highest BCUT2D eigenvalue weighted by molar-refractivity contribution is 5.72. The molecule has 0 aromatic carbocycles. The van der Waals surface area contributed by atoms with Gasteiger partial charge in [0.2, 0.25) is 0 Å². The third kappa shape index (κ3) is 3.85. The van der Waals surface area contributed by atoms with Crippen molar-refractivity contribution >= 4 is 5.97 Å². The maximum Gasteiger partial charge on any atom is 0.320 e. The van der Waals surface area contributed by atoms with Gasteiger partial charge in [-0.1, -0.05) is 13.8 Å². The van der Waals surface area contributed by atoms with E-state index >= 15 is 0 Å². The summed E-state index contributed by atoms with van der Waals surface area (Å²) in [5.74, 6) is -0.843. The molecule has 0 saturated carbocycles. The topological polar surface area (TPSA) is 67.2 Å². The lowest BCUT2D eigenvalue weighted by Gasteiger charge is -2.12. The minimum Gasteiger partial charge on any atom is -0.480 e. The summed E-state index contributed by atoms with van der Waals surface area (Å²) in [7, 11) is 0. The van der Waals surface area contributed by atoms with Gasteiger partial charge in [-0.15, -0.1) is 0 Å². The predicted octanol–water partition coefficient (Wildman–Crippen LogP) is 1.81. The van der Waals surface area contributed by atoms with Crippen LogP contribution in [0.15, 0.2) is 12.3 Å². The van der Waals surface area contributed by atoms with Crippen LogP contribution in [0.25, 0.3) is 0 Å². The minimum absolute atomic E-state index is 0.431. The van der Waals surface area contributed by atoms with Gasteiger partial charge >= 0.3 is 5.97 Å². The molecule has 96 valence electrons. The predicted molar refractivity (Wildman–Crippen MR) is 65.8 cm³/mol. The summed E-state index contributed by atoms with van der Waals surface area (Å²) in [5, 5.41) is 16.1. The van der Waals surface area contributed by atoms with Crippen LogP contribution in [0.1, 0.15) is 45.3 Å². The fourth-order valence-corrected chi connectivity index (χ4v) is 1.68. The molecule has 1 aromatic rings. The van der Waals surface area contributed by atoms with Crippen molar-refractivity contribution in [2.75, 3.05) is 0 Å². The van der Waals surface area contributed by atoms with Crippen LogP contribution in [0.2, 0.25) is 0 Å². The van der Waals surface area contributed by atoms with E-state index in [1.807, 2.05) is 16.9 Å². The number of carbonyl (C=O) groups is 1. The van der Waals surface area contributed by atoms with Crippen LogP contribution in [0, 0.1) is 0 Å². The highest BCUT2D eigenvalue weighted by Gasteiger charge is 2.11. The van der Waals surface area contributed by atoms with Crippen LogP contribution < -0.4 is 5.32 Å². The van der Waals surface area contributed by atoms with Crippen molar-refractivity contribution in [3.8, 4) is 0 Å². The molecule has 0 aliphatic heterocycles. The third-order valence-electron chi connectivity index (χ3n) is 2.94. The summed E-state index contributed by atoms with van der Waals surface area (Å²) in [6.45, 7) is 6.39. The number of aliphatic carboxylic acids is 1. The van der Waals surface area contributed by atoms with Crippen LogP contribution in [-0.2, 0) is 11.3 Å². The first-order chi connectivity index (χ1) is 8.08. The van der Waals surface area contributed by atoms with Gasteiger partial charge in [-0.25, -0.2) is 0 Å². The van der Waals surface area contributed by atoms with E-state index in [-0.39, 0.29) is 0 Å². The molecule has 1 atom stereocenters. The molecule has 0 aliphatic rings. The molecule has 1 rings (SSSR count). The van der Waals surface area contributed by atoms with Crippen molar-refractivity contribution < 1.29 is 9.90 Å². The Labute approximate surface area is 102 Å². The molecule has 5 nitrogen and oxygen atoms in total. The van der Waals surface area contributed by atoms with E-state index in [2.05, 4.69) is 24.3 Å². The quantitative estimate of drug-likeness (QED) is 0.761. The molecule has 5 heteroatoms. The van der Waals surface area contributed by atoms with Gasteiger partial charge < -0.3 is 5.11 Å². The molecule has 0 amide bonds. The SMILES string of the molecule is CCC(CC)n1ccc(CN[C@@H](C)C(=O)O)n1. The second-order valence-corrected chi connectivity index (χ2v) is 4.20. The van der Waals surface area contributed by atoms with Crippen molar-refractivity contribution in [2.24, 2.45) is 0 Å². The number of hydrogen-bond donors (Lipinski definition) is 2. The van der Waals surface area contributed by atoms with E-state index in [0.717, 1.165) is 18.5 Å². The zero-order valence-electron chi connectivity index (χ0n) is 10.7. The van der Waals surface area contributed by atoms with Crippen molar-refractivity contribution in [1.29, 1.82) is 0 Å². The van der Waals surface area contributed by atoms with Gasteiger partial charge in [0.05, 0.1) is 11.7 Å². The van der Waals surface area contributed by atoms with Crippen LogP contribution in [-0.4, -0.2) is 26.9 Å². The Morgan fingerprint density at radius 2 is 2.18 bits per heavy atom. The van der Waals surface area contributed by atoms with Gasteiger partial charge in [0.1, 0.15) is 6.04 Å². The molecule has 0 unspecified atom stereocenters. The fraction of sp³-hybridized carbons (Fsp3) is 0.667. The molecule has 0 aliphatic carbocycles. The summed E-state index contributed by atoms with van der Waals surface area (Å²) in [5.41, 5.74) is 0.880. The molecule has 0 spiro atoms. The number of rotatable bonds is 7. The largest absolute Gasteiger partial charge is 0.480 e. The summed E-state index contributed by atoms with van der Waals surface area (Å²) >= 11 is 0. The number of aromatic nitrogens is 2. The van der Waals surface area contributed by atoms with E-state index in [4.69, 9.17) is 5.11 Å².